The van der Waals surface area contributed by atoms with E-state index < -0.39 is 12.6 Å². The van der Waals surface area contributed by atoms with Gasteiger partial charge in [0.1, 0.15) is 11.5 Å². The molecular weight excluding hydrogens is 482 g/mol. The number of hydrogen-bond donors (Lipinski definition) is 1. The number of carboxylic acid groups (broad SMARTS) is 1. The fourth-order valence-corrected chi connectivity index (χ4v) is 5.52. The predicted molar refractivity (Wildman–Crippen MR) is 140 cm³/mol. The number of aliphatic carboxylic acids is 1. The Morgan fingerprint density at radius 1 is 1.03 bits per heavy atom. The van der Waals surface area contributed by atoms with Crippen LogP contribution < -0.4 is 9.47 Å². The van der Waals surface area contributed by atoms with Crippen LogP contribution in [-0.2, 0) is 4.79 Å². The minimum atomic E-state index is -1.10. The molecular formula is C27H19NO5S2. The molecule has 0 fully saturated rings. The van der Waals surface area contributed by atoms with Crippen molar-refractivity contribution in [3.8, 4) is 21.9 Å². The third kappa shape index (κ3) is 4.80. The Labute approximate surface area is 208 Å². The molecule has 0 atom stereocenters. The molecule has 5 aromatic rings. The summed E-state index contributed by atoms with van der Waals surface area (Å²) in [4.78, 5) is 29.3. The molecule has 0 radical (unpaired) electrons. The second-order valence-electron chi connectivity index (χ2n) is 7.65. The number of thiophene rings is 1. The molecule has 0 spiro atoms. The minimum Gasteiger partial charge on any atom is -0.496 e. The molecule has 1 N–H and O–H groups in total. The minimum absolute atomic E-state index is 0.177. The van der Waals surface area contributed by atoms with Crippen molar-refractivity contribution >= 4 is 60.8 Å². The van der Waals surface area contributed by atoms with Gasteiger partial charge in [0.25, 0.3) is 0 Å². The van der Waals surface area contributed by atoms with Crippen molar-refractivity contribution < 1.29 is 24.2 Å². The molecule has 3 aromatic carbocycles. The summed E-state index contributed by atoms with van der Waals surface area (Å²) in [7, 11) is 1.56. The summed E-state index contributed by atoms with van der Waals surface area (Å²) in [5.41, 5.74) is 4.54. The van der Waals surface area contributed by atoms with Gasteiger partial charge in [-0.25, -0.2) is 9.78 Å². The first-order valence-electron chi connectivity index (χ1n) is 10.6. The molecule has 5 rings (SSSR count). The lowest BCUT2D eigenvalue weighted by molar-refractivity contribution is -0.139. The molecule has 6 nitrogen and oxygen atoms in total. The summed E-state index contributed by atoms with van der Waals surface area (Å²) in [6.07, 6.45) is 3.11. The molecule has 0 aliphatic carbocycles. The average Bonchev–Trinajstić information content (AvgIpc) is 3.52. The maximum absolute atomic E-state index is 12.9. The van der Waals surface area contributed by atoms with Gasteiger partial charge < -0.3 is 14.6 Å². The van der Waals surface area contributed by atoms with Gasteiger partial charge in [0, 0.05) is 32.3 Å². The van der Waals surface area contributed by atoms with E-state index >= 15 is 0 Å². The molecule has 35 heavy (non-hydrogen) atoms. The van der Waals surface area contributed by atoms with Crippen molar-refractivity contribution in [2.45, 2.75) is 0 Å². The van der Waals surface area contributed by atoms with Crippen LogP contribution in [0.4, 0.5) is 0 Å². The van der Waals surface area contributed by atoms with Crippen LogP contribution in [0.15, 0.2) is 72.3 Å². The number of ketones is 1. The number of carbonyl (C=O) groups is 2. The molecule has 0 saturated heterocycles. The highest BCUT2D eigenvalue weighted by atomic mass is 32.1. The number of thiazole rings is 1. The highest BCUT2D eigenvalue weighted by Gasteiger charge is 2.16. The van der Waals surface area contributed by atoms with Crippen LogP contribution in [0.2, 0.25) is 0 Å². The largest absolute Gasteiger partial charge is 0.496 e. The lowest BCUT2D eigenvalue weighted by Crippen LogP contribution is -2.10. The molecule has 8 heteroatoms. The summed E-state index contributed by atoms with van der Waals surface area (Å²) >= 11 is 3.10. The molecule has 0 amide bonds. The van der Waals surface area contributed by atoms with Crippen molar-refractivity contribution in [1.29, 1.82) is 0 Å². The third-order valence-electron chi connectivity index (χ3n) is 5.40. The number of nitrogens with zero attached hydrogens (tertiary/aromatic N) is 1. The molecule has 174 valence electrons. The SMILES string of the molecule is COc1cc(OCC(=O)O)c(/C=C/C(=O)c2ccc3ncsc3c2)cc1-c1cc2ccccc2s1. The number of methoxy groups -OCH3 is 1. The zero-order valence-electron chi connectivity index (χ0n) is 18.6. The zero-order chi connectivity index (χ0) is 24.4. The quantitative estimate of drug-likeness (QED) is 0.192. The van der Waals surface area contributed by atoms with E-state index in [9.17, 15) is 9.59 Å². The van der Waals surface area contributed by atoms with Crippen LogP contribution >= 0.6 is 22.7 Å². The van der Waals surface area contributed by atoms with Crippen LogP contribution in [0.25, 0.3) is 36.8 Å². The van der Waals surface area contributed by atoms with Gasteiger partial charge in [-0.1, -0.05) is 18.2 Å². The van der Waals surface area contributed by atoms with E-state index in [0.29, 0.717) is 22.6 Å². The third-order valence-corrected chi connectivity index (χ3v) is 7.35. The topological polar surface area (TPSA) is 85.7 Å². The fourth-order valence-electron chi connectivity index (χ4n) is 3.72. The number of benzene rings is 3. The van der Waals surface area contributed by atoms with E-state index in [1.54, 1.807) is 42.2 Å². The first-order chi connectivity index (χ1) is 17.0. The van der Waals surface area contributed by atoms with Crippen LogP contribution in [0.1, 0.15) is 15.9 Å². The van der Waals surface area contributed by atoms with Gasteiger partial charge >= 0.3 is 5.97 Å². The Morgan fingerprint density at radius 2 is 1.89 bits per heavy atom. The van der Waals surface area contributed by atoms with E-state index in [1.807, 2.05) is 36.4 Å². The van der Waals surface area contributed by atoms with Crippen molar-refractivity contribution in [1.82, 2.24) is 4.98 Å². The highest BCUT2D eigenvalue weighted by Crippen LogP contribution is 2.41. The normalized spacial score (nSPS) is 11.3. The molecule has 2 heterocycles. The molecule has 0 unspecified atom stereocenters. The van der Waals surface area contributed by atoms with Gasteiger partial charge in [0.15, 0.2) is 12.4 Å². The lowest BCUT2D eigenvalue weighted by Gasteiger charge is -2.13. The molecule has 0 saturated carbocycles. The first-order valence-corrected chi connectivity index (χ1v) is 12.3. The number of aromatic nitrogens is 1. The van der Waals surface area contributed by atoms with Gasteiger partial charge in [0.2, 0.25) is 0 Å². The van der Waals surface area contributed by atoms with Crippen LogP contribution in [0.5, 0.6) is 11.5 Å². The Hall–Kier alpha value is -4.01. The highest BCUT2D eigenvalue weighted by molar-refractivity contribution is 7.22. The van der Waals surface area contributed by atoms with Gasteiger partial charge in [-0.05, 0) is 53.9 Å². The first kappa shape index (κ1) is 22.8. The van der Waals surface area contributed by atoms with E-state index in [2.05, 4.69) is 17.1 Å². The van der Waals surface area contributed by atoms with Gasteiger partial charge in [-0.3, -0.25) is 4.79 Å². The standard InChI is InChI=1S/C27H19NO5S2/c1-32-23-13-22(33-14-27(30)31)17(10-19(23)25-12-18-4-2-3-5-24(18)35-25)7-9-21(29)16-6-8-20-26(11-16)34-15-28-20/h2-13,15H,14H2,1H3,(H,30,31)/b9-7+. The van der Waals surface area contributed by atoms with Gasteiger partial charge in [0.05, 0.1) is 22.8 Å². The molecule has 0 aliphatic heterocycles. The predicted octanol–water partition coefficient (Wildman–Crippen LogP) is 6.55. The summed E-state index contributed by atoms with van der Waals surface area (Å²) in [5, 5.41) is 10.2. The zero-order valence-corrected chi connectivity index (χ0v) is 20.2. The Kier molecular flexibility index (Phi) is 6.31. The smallest absolute Gasteiger partial charge is 0.341 e. The molecule has 2 aromatic heterocycles. The fraction of sp³-hybridized carbons (Fsp3) is 0.0741. The monoisotopic (exact) mass is 501 g/mol. The number of rotatable bonds is 8. The van der Waals surface area contributed by atoms with Crippen molar-refractivity contribution in [2.24, 2.45) is 0 Å². The number of hydrogen-bond acceptors (Lipinski definition) is 7. The number of carboxylic acids is 1. The lowest BCUT2D eigenvalue weighted by atomic mass is 10.0. The number of carbonyl (C=O) groups excluding carboxylic acids is 1. The van der Waals surface area contributed by atoms with Crippen molar-refractivity contribution in [3.05, 3.63) is 83.4 Å². The summed E-state index contributed by atoms with van der Waals surface area (Å²) in [6, 6.07) is 19.1. The number of fused-ring (bicyclic) bond motifs is 2. The molecule has 0 bridgehead atoms. The maximum atomic E-state index is 12.9. The molecule has 0 aliphatic rings. The average molecular weight is 502 g/mol. The second-order valence-corrected chi connectivity index (χ2v) is 9.62. The van der Waals surface area contributed by atoms with Crippen LogP contribution in [0.3, 0.4) is 0 Å². The Morgan fingerprint density at radius 3 is 2.69 bits per heavy atom. The summed E-state index contributed by atoms with van der Waals surface area (Å²) in [5.74, 6) is -0.405. The van der Waals surface area contributed by atoms with E-state index in [1.165, 1.54) is 17.4 Å². The van der Waals surface area contributed by atoms with E-state index in [0.717, 1.165) is 30.7 Å². The number of allylic oxidation sites excluding steroid dienone is 1. The van der Waals surface area contributed by atoms with Crippen LogP contribution in [0, 0.1) is 0 Å². The second kappa shape index (κ2) is 9.69. The number of ether oxygens (including phenoxy) is 2. The Balaban J connectivity index is 1.55. The summed E-state index contributed by atoms with van der Waals surface area (Å²) < 4.78 is 13.2. The van der Waals surface area contributed by atoms with E-state index in [-0.39, 0.29) is 5.78 Å². The van der Waals surface area contributed by atoms with Crippen molar-refractivity contribution in [2.75, 3.05) is 13.7 Å². The van der Waals surface area contributed by atoms with Crippen molar-refractivity contribution in [3.63, 3.8) is 0 Å². The summed E-state index contributed by atoms with van der Waals surface area (Å²) in [6.45, 7) is -0.512. The maximum Gasteiger partial charge on any atom is 0.341 e. The van der Waals surface area contributed by atoms with Crippen LogP contribution in [-0.4, -0.2) is 35.6 Å². The van der Waals surface area contributed by atoms with Gasteiger partial charge in [-0.2, -0.15) is 0 Å². The van der Waals surface area contributed by atoms with E-state index in [4.69, 9.17) is 14.6 Å². The van der Waals surface area contributed by atoms with Gasteiger partial charge in [-0.15, -0.1) is 22.7 Å². The Bertz CT molecular complexity index is 1570.